The summed E-state index contributed by atoms with van der Waals surface area (Å²) < 4.78 is 9.96. The van der Waals surface area contributed by atoms with Crippen molar-refractivity contribution in [2.24, 2.45) is 0 Å². The SMILES string of the molecule is C=C(C)C(=O)N(C)CCC#P=O. The molecule has 0 aromatic heterocycles. The van der Waals surface area contributed by atoms with Gasteiger partial charge < -0.3 is 0 Å². The van der Waals surface area contributed by atoms with Gasteiger partial charge in [-0.3, -0.25) is 0 Å². The Labute approximate surface area is 73.6 Å². The molecule has 0 saturated heterocycles. The number of hydrogen-bond acceptors (Lipinski definition) is 2. The third-order valence-corrected chi connectivity index (χ3v) is 1.69. The molecular weight excluding hydrogens is 173 g/mol. The van der Waals surface area contributed by atoms with Gasteiger partial charge in [0.1, 0.15) is 0 Å². The van der Waals surface area contributed by atoms with Crippen molar-refractivity contribution in [3.8, 4) is 5.63 Å². The summed E-state index contributed by atoms with van der Waals surface area (Å²) >= 11 is 0. The maximum absolute atomic E-state index is 11.2. The average Bonchev–Trinajstić information content (AvgIpc) is 2.03. The molecule has 0 fully saturated rings. The number of carbonyl (C=O) groups excluding carboxylic acids is 1. The van der Waals surface area contributed by atoms with E-state index in [0.29, 0.717) is 18.5 Å². The zero-order valence-corrected chi connectivity index (χ0v) is 8.23. The molecule has 0 N–H and O–H groups in total. The van der Waals surface area contributed by atoms with Gasteiger partial charge in [-0.1, -0.05) is 0 Å². The summed E-state index contributed by atoms with van der Waals surface area (Å²) in [5, 5.41) is 0. The molecule has 0 aliphatic carbocycles. The van der Waals surface area contributed by atoms with E-state index in [0.717, 1.165) is 0 Å². The summed E-state index contributed by atoms with van der Waals surface area (Å²) in [6, 6.07) is 0. The molecule has 0 spiro atoms. The quantitative estimate of drug-likeness (QED) is 0.495. The third kappa shape index (κ3) is 4.17. The summed E-state index contributed by atoms with van der Waals surface area (Å²) in [6.45, 7) is 5.72. The van der Waals surface area contributed by atoms with E-state index in [4.69, 9.17) is 0 Å². The van der Waals surface area contributed by atoms with Crippen molar-refractivity contribution in [1.29, 1.82) is 0 Å². The van der Waals surface area contributed by atoms with E-state index in [-0.39, 0.29) is 13.8 Å². The normalized spacial score (nSPS) is 8.50. The molecule has 0 aromatic rings. The monoisotopic (exact) mass is 185 g/mol. The molecule has 0 unspecified atom stereocenters. The van der Waals surface area contributed by atoms with Gasteiger partial charge in [-0.05, 0) is 0 Å². The Morgan fingerprint density at radius 2 is 2.25 bits per heavy atom. The Bertz CT molecular complexity index is 278. The van der Waals surface area contributed by atoms with Crippen molar-refractivity contribution in [3.05, 3.63) is 12.2 Å². The summed E-state index contributed by atoms with van der Waals surface area (Å²) in [5.74, 6) is -0.0839. The van der Waals surface area contributed by atoms with Crippen LogP contribution in [0.2, 0.25) is 0 Å². The van der Waals surface area contributed by atoms with Crippen LogP contribution in [-0.2, 0) is 9.36 Å². The van der Waals surface area contributed by atoms with Crippen LogP contribution in [0, 0.1) is 5.63 Å². The molecule has 66 valence electrons. The molecule has 0 aliphatic heterocycles. The van der Waals surface area contributed by atoms with Gasteiger partial charge >= 0.3 is 72.8 Å². The maximum atomic E-state index is 11.2. The van der Waals surface area contributed by atoms with Crippen LogP contribution in [-0.4, -0.2) is 24.4 Å². The molecular formula is C8H12NO2P. The van der Waals surface area contributed by atoms with Crippen molar-refractivity contribution >= 4 is 13.8 Å². The fourth-order valence-corrected chi connectivity index (χ4v) is 0.882. The van der Waals surface area contributed by atoms with E-state index < -0.39 is 0 Å². The topological polar surface area (TPSA) is 37.4 Å². The first-order valence-electron chi connectivity index (χ1n) is 3.55. The van der Waals surface area contributed by atoms with Crippen LogP contribution in [0.1, 0.15) is 13.3 Å². The van der Waals surface area contributed by atoms with E-state index in [1.807, 2.05) is 0 Å². The number of rotatable bonds is 3. The van der Waals surface area contributed by atoms with Crippen LogP contribution in [0.15, 0.2) is 12.2 Å². The average molecular weight is 185 g/mol. The summed E-state index contributed by atoms with van der Waals surface area (Å²) in [6.07, 6.45) is 0.514. The molecule has 0 radical (unpaired) electrons. The van der Waals surface area contributed by atoms with Crippen LogP contribution < -0.4 is 0 Å². The zero-order chi connectivity index (χ0) is 9.56. The predicted octanol–water partition coefficient (Wildman–Crippen LogP) is 1.66. The molecule has 4 heteroatoms. The van der Waals surface area contributed by atoms with Gasteiger partial charge in [-0.15, -0.1) is 0 Å². The van der Waals surface area contributed by atoms with E-state index in [9.17, 15) is 9.36 Å². The van der Waals surface area contributed by atoms with Crippen LogP contribution in [0.3, 0.4) is 0 Å². The van der Waals surface area contributed by atoms with E-state index in [2.05, 4.69) is 12.2 Å². The fraction of sp³-hybridized carbons (Fsp3) is 0.500. The van der Waals surface area contributed by atoms with Crippen LogP contribution in [0.25, 0.3) is 0 Å². The van der Waals surface area contributed by atoms with Crippen LogP contribution in [0.5, 0.6) is 0 Å². The molecule has 12 heavy (non-hydrogen) atoms. The van der Waals surface area contributed by atoms with Crippen molar-refractivity contribution < 1.29 is 9.36 Å². The Morgan fingerprint density at radius 1 is 1.67 bits per heavy atom. The van der Waals surface area contributed by atoms with Crippen LogP contribution >= 0.6 is 7.92 Å². The summed E-state index contributed by atoms with van der Waals surface area (Å²) in [4.78, 5) is 12.7. The Balaban J connectivity index is 3.92. The molecule has 0 heterocycles. The molecule has 0 rings (SSSR count). The van der Waals surface area contributed by atoms with Crippen molar-refractivity contribution in [2.45, 2.75) is 13.3 Å². The zero-order valence-electron chi connectivity index (χ0n) is 7.33. The second-order valence-corrected chi connectivity index (χ2v) is 3.01. The van der Waals surface area contributed by atoms with Gasteiger partial charge in [-0.2, -0.15) is 0 Å². The second-order valence-electron chi connectivity index (χ2n) is 2.51. The second kappa shape index (κ2) is 5.82. The predicted molar refractivity (Wildman–Crippen MR) is 48.6 cm³/mol. The molecule has 0 aromatic carbocycles. The first-order chi connectivity index (χ1) is 5.59. The number of carbonyl (C=O) groups is 1. The van der Waals surface area contributed by atoms with E-state index in [1.165, 1.54) is 4.90 Å². The van der Waals surface area contributed by atoms with Crippen molar-refractivity contribution in [1.82, 2.24) is 4.90 Å². The Hall–Kier alpha value is -0.780. The van der Waals surface area contributed by atoms with E-state index in [1.54, 1.807) is 14.0 Å². The van der Waals surface area contributed by atoms with Crippen molar-refractivity contribution in [2.75, 3.05) is 13.6 Å². The van der Waals surface area contributed by atoms with Gasteiger partial charge in [0.25, 0.3) is 0 Å². The first kappa shape index (κ1) is 11.2. The van der Waals surface area contributed by atoms with E-state index >= 15 is 0 Å². The third-order valence-electron chi connectivity index (χ3n) is 1.34. The summed E-state index contributed by atoms with van der Waals surface area (Å²) in [5.41, 5.74) is 3.08. The van der Waals surface area contributed by atoms with Gasteiger partial charge in [0, 0.05) is 0 Å². The Kier molecular flexibility index (Phi) is 5.44. The van der Waals surface area contributed by atoms with Crippen molar-refractivity contribution in [3.63, 3.8) is 0 Å². The molecule has 0 saturated carbocycles. The fourth-order valence-electron chi connectivity index (χ4n) is 0.691. The standard InChI is InChI=1S/C8H12NO2P/c1-7(2)8(10)9(3)5-4-6-12-11/h1,4-5H2,2-3H3. The molecule has 0 aliphatic rings. The molecule has 0 atom stereocenters. The number of amides is 1. The molecule has 0 bridgehead atoms. The summed E-state index contributed by atoms with van der Waals surface area (Å²) in [7, 11) is 1.58. The number of likely N-dealkylation sites (N-methyl/N-ethyl adjacent to an activating group) is 1. The molecule has 1 amide bonds. The number of hydrogen-bond donors (Lipinski definition) is 0. The van der Waals surface area contributed by atoms with Gasteiger partial charge in [-0.25, -0.2) is 0 Å². The minimum absolute atomic E-state index is 0.0839. The molecule has 3 nitrogen and oxygen atoms in total. The minimum atomic E-state index is -0.106. The van der Waals surface area contributed by atoms with Gasteiger partial charge in [0.05, 0.1) is 0 Å². The van der Waals surface area contributed by atoms with Gasteiger partial charge in [0.2, 0.25) is 0 Å². The van der Waals surface area contributed by atoms with Crippen LogP contribution in [0.4, 0.5) is 0 Å². The first-order valence-corrected chi connectivity index (χ1v) is 4.37. The number of nitrogens with zero attached hydrogens (tertiary/aromatic N) is 1. The Morgan fingerprint density at radius 3 is 2.67 bits per heavy atom. The van der Waals surface area contributed by atoms with Gasteiger partial charge in [0.15, 0.2) is 0 Å².